The van der Waals surface area contributed by atoms with Crippen LogP contribution in [0.15, 0.2) is 18.2 Å². The van der Waals surface area contributed by atoms with Crippen LogP contribution in [0.1, 0.15) is 17.5 Å². The third-order valence-corrected chi connectivity index (χ3v) is 1.95. The highest BCUT2D eigenvalue weighted by Gasteiger charge is 2.06. The molecule has 3 nitrogen and oxygen atoms in total. The molecule has 0 amide bonds. The Morgan fingerprint density at radius 2 is 2.27 bits per heavy atom. The summed E-state index contributed by atoms with van der Waals surface area (Å²) in [4.78, 5) is 0. The van der Waals surface area contributed by atoms with Gasteiger partial charge in [0.2, 0.25) is 0 Å². The van der Waals surface area contributed by atoms with Crippen molar-refractivity contribution in [2.75, 3.05) is 13.2 Å². The molecular weight excluding hydrogens is 195 g/mol. The Bertz CT molecular complexity index is 360. The minimum absolute atomic E-state index is 0.0509. The summed E-state index contributed by atoms with van der Waals surface area (Å²) in [6, 6.07) is 6.48. The number of nitrogens with zero attached hydrogens (tertiary/aromatic N) is 1. The third-order valence-electron chi connectivity index (χ3n) is 1.95. The number of hydrogen-bond acceptors (Lipinski definition) is 3. The van der Waals surface area contributed by atoms with Gasteiger partial charge in [0.1, 0.15) is 11.9 Å². The second-order valence-corrected chi connectivity index (χ2v) is 3.09. The lowest BCUT2D eigenvalue weighted by atomic mass is 10.1. The first-order valence-electron chi connectivity index (χ1n) is 4.75. The highest BCUT2D eigenvalue weighted by Crippen LogP contribution is 2.12. The molecule has 0 unspecified atom stereocenters. The average Bonchev–Trinajstić information content (AvgIpc) is 2.26. The van der Waals surface area contributed by atoms with Gasteiger partial charge in [-0.05, 0) is 19.0 Å². The highest BCUT2D eigenvalue weighted by atomic mass is 19.1. The van der Waals surface area contributed by atoms with E-state index in [4.69, 9.17) is 15.7 Å². The molecule has 0 atom stereocenters. The van der Waals surface area contributed by atoms with Gasteiger partial charge < -0.3 is 10.5 Å². The monoisotopic (exact) mass is 208 g/mol. The SMILES string of the molecule is N#Cc1cccc(COCCCN)c1F. The molecule has 0 heterocycles. The number of benzene rings is 1. The zero-order chi connectivity index (χ0) is 11.1. The van der Waals surface area contributed by atoms with E-state index in [1.165, 1.54) is 6.07 Å². The second-order valence-electron chi connectivity index (χ2n) is 3.09. The molecule has 0 saturated heterocycles. The van der Waals surface area contributed by atoms with E-state index in [0.717, 1.165) is 6.42 Å². The van der Waals surface area contributed by atoms with Crippen molar-refractivity contribution in [3.63, 3.8) is 0 Å². The molecule has 0 fully saturated rings. The molecule has 0 saturated carbocycles. The van der Waals surface area contributed by atoms with E-state index in [0.29, 0.717) is 18.7 Å². The molecule has 1 aromatic rings. The lowest BCUT2D eigenvalue weighted by Gasteiger charge is -2.05. The van der Waals surface area contributed by atoms with Crippen molar-refractivity contribution < 1.29 is 9.13 Å². The number of ether oxygens (including phenoxy) is 1. The Kier molecular flexibility index (Phi) is 4.75. The van der Waals surface area contributed by atoms with Gasteiger partial charge in [-0.3, -0.25) is 0 Å². The molecule has 15 heavy (non-hydrogen) atoms. The van der Waals surface area contributed by atoms with Crippen LogP contribution < -0.4 is 5.73 Å². The van der Waals surface area contributed by atoms with E-state index in [1.807, 2.05) is 0 Å². The van der Waals surface area contributed by atoms with Crippen molar-refractivity contribution in [1.29, 1.82) is 5.26 Å². The Morgan fingerprint density at radius 1 is 1.47 bits per heavy atom. The standard InChI is InChI=1S/C11H13FN2O/c12-11-9(7-14)3-1-4-10(11)8-15-6-2-5-13/h1,3-4H,2,5-6,8,13H2. The molecule has 1 aromatic carbocycles. The predicted molar refractivity (Wildman–Crippen MR) is 54.4 cm³/mol. The van der Waals surface area contributed by atoms with Crippen LogP contribution >= 0.6 is 0 Å². The summed E-state index contributed by atoms with van der Waals surface area (Å²) in [5, 5.41) is 8.61. The number of nitrogens with two attached hydrogens (primary N) is 1. The second kappa shape index (κ2) is 6.12. The summed E-state index contributed by atoms with van der Waals surface area (Å²) in [5.74, 6) is -0.493. The van der Waals surface area contributed by atoms with Crippen molar-refractivity contribution >= 4 is 0 Å². The number of nitriles is 1. The van der Waals surface area contributed by atoms with Gasteiger partial charge in [0, 0.05) is 12.2 Å². The lowest BCUT2D eigenvalue weighted by Crippen LogP contribution is -2.05. The quantitative estimate of drug-likeness (QED) is 0.747. The maximum atomic E-state index is 13.5. The molecule has 80 valence electrons. The van der Waals surface area contributed by atoms with Crippen molar-refractivity contribution in [2.24, 2.45) is 5.73 Å². The van der Waals surface area contributed by atoms with Crippen LogP contribution in [0.3, 0.4) is 0 Å². The summed E-state index contributed by atoms with van der Waals surface area (Å²) in [7, 11) is 0. The largest absolute Gasteiger partial charge is 0.377 e. The van der Waals surface area contributed by atoms with Crippen molar-refractivity contribution in [3.05, 3.63) is 35.1 Å². The summed E-state index contributed by atoms with van der Waals surface area (Å²) < 4.78 is 18.7. The van der Waals surface area contributed by atoms with Gasteiger partial charge in [-0.1, -0.05) is 12.1 Å². The first-order valence-corrected chi connectivity index (χ1v) is 4.75. The van der Waals surface area contributed by atoms with E-state index in [2.05, 4.69) is 0 Å². The third kappa shape index (κ3) is 3.31. The topological polar surface area (TPSA) is 59.0 Å². The zero-order valence-electron chi connectivity index (χ0n) is 8.37. The fourth-order valence-corrected chi connectivity index (χ4v) is 1.15. The highest BCUT2D eigenvalue weighted by molar-refractivity contribution is 5.34. The first kappa shape index (κ1) is 11.6. The van der Waals surface area contributed by atoms with Crippen LogP contribution in [0.25, 0.3) is 0 Å². The Balaban J connectivity index is 2.58. The van der Waals surface area contributed by atoms with Gasteiger partial charge in [0.15, 0.2) is 0 Å². The molecule has 0 bridgehead atoms. The Labute approximate surface area is 88.3 Å². The number of hydrogen-bond donors (Lipinski definition) is 1. The van der Waals surface area contributed by atoms with Gasteiger partial charge in [-0.2, -0.15) is 5.26 Å². The maximum absolute atomic E-state index is 13.5. The minimum Gasteiger partial charge on any atom is -0.377 e. The molecule has 2 N–H and O–H groups in total. The first-order chi connectivity index (χ1) is 7.29. The van der Waals surface area contributed by atoms with Crippen LogP contribution in [0.4, 0.5) is 4.39 Å². The lowest BCUT2D eigenvalue weighted by molar-refractivity contribution is 0.117. The Hall–Kier alpha value is -1.44. The number of rotatable bonds is 5. The van der Waals surface area contributed by atoms with E-state index >= 15 is 0 Å². The van der Waals surface area contributed by atoms with Crippen LogP contribution in [0.2, 0.25) is 0 Å². The average molecular weight is 208 g/mol. The van der Waals surface area contributed by atoms with Crippen LogP contribution in [0, 0.1) is 17.1 Å². The van der Waals surface area contributed by atoms with E-state index in [9.17, 15) is 4.39 Å². The van der Waals surface area contributed by atoms with Gasteiger partial charge >= 0.3 is 0 Å². The Morgan fingerprint density at radius 3 is 2.93 bits per heavy atom. The summed E-state index contributed by atoms with van der Waals surface area (Å²) >= 11 is 0. The molecule has 0 aliphatic rings. The molecular formula is C11H13FN2O. The fraction of sp³-hybridized carbons (Fsp3) is 0.364. The maximum Gasteiger partial charge on any atom is 0.146 e. The zero-order valence-corrected chi connectivity index (χ0v) is 8.37. The van der Waals surface area contributed by atoms with E-state index in [-0.39, 0.29) is 12.2 Å². The molecule has 0 spiro atoms. The summed E-state index contributed by atoms with van der Waals surface area (Å²) in [6.45, 7) is 1.24. The van der Waals surface area contributed by atoms with Gasteiger partial charge in [-0.15, -0.1) is 0 Å². The molecule has 0 aromatic heterocycles. The minimum atomic E-state index is -0.493. The van der Waals surface area contributed by atoms with Crippen LogP contribution in [0.5, 0.6) is 0 Å². The molecule has 0 aliphatic heterocycles. The molecule has 0 radical (unpaired) electrons. The molecule has 0 aliphatic carbocycles. The normalized spacial score (nSPS) is 9.93. The predicted octanol–water partition coefficient (Wildman–Crippen LogP) is 1.56. The van der Waals surface area contributed by atoms with E-state index < -0.39 is 5.82 Å². The van der Waals surface area contributed by atoms with Crippen molar-refractivity contribution in [3.8, 4) is 6.07 Å². The van der Waals surface area contributed by atoms with Crippen LogP contribution in [-0.2, 0) is 11.3 Å². The van der Waals surface area contributed by atoms with E-state index in [1.54, 1.807) is 18.2 Å². The van der Waals surface area contributed by atoms with Crippen LogP contribution in [-0.4, -0.2) is 13.2 Å². The summed E-state index contributed by atoms with van der Waals surface area (Å²) in [5.41, 5.74) is 5.75. The van der Waals surface area contributed by atoms with Crippen molar-refractivity contribution in [1.82, 2.24) is 0 Å². The molecule has 1 rings (SSSR count). The smallest absolute Gasteiger partial charge is 0.146 e. The van der Waals surface area contributed by atoms with Crippen molar-refractivity contribution in [2.45, 2.75) is 13.0 Å². The number of halogens is 1. The molecule has 4 heteroatoms. The van der Waals surface area contributed by atoms with Gasteiger partial charge in [0.05, 0.1) is 12.2 Å². The van der Waals surface area contributed by atoms with Gasteiger partial charge in [-0.25, -0.2) is 4.39 Å². The fourth-order valence-electron chi connectivity index (χ4n) is 1.15. The van der Waals surface area contributed by atoms with Gasteiger partial charge in [0.25, 0.3) is 0 Å². The summed E-state index contributed by atoms with van der Waals surface area (Å²) in [6.07, 6.45) is 0.750.